The molecular weight excluding hydrogens is 399 g/mol. The molecule has 2 atom stereocenters. The van der Waals surface area contributed by atoms with Gasteiger partial charge < -0.3 is 5.11 Å². The predicted octanol–water partition coefficient (Wildman–Crippen LogP) is 5.77. The van der Waals surface area contributed by atoms with Crippen molar-refractivity contribution in [2.45, 2.75) is 44.6 Å². The van der Waals surface area contributed by atoms with Gasteiger partial charge in [0.05, 0.1) is 23.2 Å². The van der Waals surface area contributed by atoms with Crippen LogP contribution < -0.4 is 0 Å². The van der Waals surface area contributed by atoms with Gasteiger partial charge in [0.15, 0.2) is 0 Å². The fourth-order valence-electron chi connectivity index (χ4n) is 5.16. The molecule has 0 amide bonds. The zero-order valence-electron chi connectivity index (χ0n) is 16.9. The standard InChI is InChI=1S/C25H24ClFN2O/c1-24-15-18-16-28-29(22-7-5-21(27)6-8-22)23(18)14-19(24)10-12-25(24,30)11-9-17-3-2-4-20(26)13-17/h2-8,13-14,16,30H,9-12,15H2,1H3/t24-,25-/m0/s1. The molecule has 30 heavy (non-hydrogen) atoms. The number of nitrogens with zero attached hydrogens (tertiary/aromatic N) is 2. The summed E-state index contributed by atoms with van der Waals surface area (Å²) in [6, 6.07) is 14.3. The van der Waals surface area contributed by atoms with E-state index in [0.29, 0.717) is 6.42 Å². The molecular formula is C25H24ClFN2O. The molecule has 3 aromatic rings. The second-order valence-corrected chi connectivity index (χ2v) is 9.22. The normalized spacial score (nSPS) is 25.0. The van der Waals surface area contributed by atoms with Crippen LogP contribution in [-0.2, 0) is 12.8 Å². The molecule has 1 heterocycles. The minimum atomic E-state index is -0.767. The Morgan fingerprint density at radius 2 is 2.00 bits per heavy atom. The van der Waals surface area contributed by atoms with E-state index in [4.69, 9.17) is 11.6 Å². The molecule has 5 heteroatoms. The van der Waals surface area contributed by atoms with E-state index in [1.54, 1.807) is 12.1 Å². The van der Waals surface area contributed by atoms with E-state index in [1.807, 2.05) is 29.1 Å². The topological polar surface area (TPSA) is 38.0 Å². The third-order valence-electron chi connectivity index (χ3n) is 7.07. The number of rotatable bonds is 4. The molecule has 0 spiro atoms. The summed E-state index contributed by atoms with van der Waals surface area (Å²) < 4.78 is 15.2. The van der Waals surface area contributed by atoms with Gasteiger partial charge in [-0.3, -0.25) is 0 Å². The van der Waals surface area contributed by atoms with Crippen LogP contribution in [0.3, 0.4) is 0 Å². The van der Waals surface area contributed by atoms with Crippen molar-refractivity contribution in [2.75, 3.05) is 0 Å². The van der Waals surface area contributed by atoms with Crippen LogP contribution in [0.1, 0.15) is 43.0 Å². The second-order valence-electron chi connectivity index (χ2n) is 8.78. The summed E-state index contributed by atoms with van der Waals surface area (Å²) in [6.45, 7) is 2.18. The minimum absolute atomic E-state index is 0.258. The average Bonchev–Trinajstić information content (AvgIpc) is 3.24. The van der Waals surface area contributed by atoms with Crippen LogP contribution in [0.15, 0.2) is 60.3 Å². The number of aliphatic hydroxyl groups is 1. The summed E-state index contributed by atoms with van der Waals surface area (Å²) in [4.78, 5) is 0. The smallest absolute Gasteiger partial charge is 0.123 e. The van der Waals surface area contributed by atoms with Gasteiger partial charge >= 0.3 is 0 Å². The van der Waals surface area contributed by atoms with Crippen molar-refractivity contribution in [3.05, 3.63) is 88.0 Å². The van der Waals surface area contributed by atoms with Gasteiger partial charge in [0.1, 0.15) is 5.82 Å². The quantitative estimate of drug-likeness (QED) is 0.579. The molecule has 0 saturated heterocycles. The van der Waals surface area contributed by atoms with Crippen LogP contribution in [-0.4, -0.2) is 20.5 Å². The maximum Gasteiger partial charge on any atom is 0.123 e. The summed E-state index contributed by atoms with van der Waals surface area (Å²) in [5.74, 6) is -0.258. The molecule has 2 aliphatic rings. The van der Waals surface area contributed by atoms with Crippen LogP contribution in [0, 0.1) is 11.2 Å². The summed E-state index contributed by atoms with van der Waals surface area (Å²) in [7, 11) is 0. The Balaban J connectivity index is 1.44. The van der Waals surface area contributed by atoms with Crippen LogP contribution >= 0.6 is 11.6 Å². The maximum absolute atomic E-state index is 13.3. The van der Waals surface area contributed by atoms with Gasteiger partial charge in [-0.15, -0.1) is 0 Å². The fourth-order valence-corrected chi connectivity index (χ4v) is 5.37. The van der Waals surface area contributed by atoms with Crippen molar-refractivity contribution in [3.63, 3.8) is 0 Å². The second kappa shape index (κ2) is 7.07. The number of hydrogen-bond donors (Lipinski definition) is 1. The lowest BCUT2D eigenvalue weighted by molar-refractivity contribution is -0.0461. The monoisotopic (exact) mass is 422 g/mol. The molecule has 0 bridgehead atoms. The van der Waals surface area contributed by atoms with Gasteiger partial charge in [0.25, 0.3) is 0 Å². The van der Waals surface area contributed by atoms with Crippen molar-refractivity contribution in [1.29, 1.82) is 0 Å². The molecule has 1 N–H and O–H groups in total. The Hall–Kier alpha value is -2.43. The summed E-state index contributed by atoms with van der Waals surface area (Å²) in [6.07, 6.45) is 7.94. The Kier molecular flexibility index (Phi) is 4.60. The first-order valence-electron chi connectivity index (χ1n) is 10.4. The fraction of sp³-hybridized carbons (Fsp3) is 0.320. The molecule has 2 aliphatic carbocycles. The molecule has 5 rings (SSSR count). The van der Waals surface area contributed by atoms with E-state index in [9.17, 15) is 9.50 Å². The van der Waals surface area contributed by atoms with E-state index in [1.165, 1.54) is 17.7 Å². The molecule has 0 aliphatic heterocycles. The lowest BCUT2D eigenvalue weighted by Crippen LogP contribution is -2.45. The van der Waals surface area contributed by atoms with Gasteiger partial charge in [-0.05, 0) is 85.7 Å². The number of aryl methyl sites for hydroxylation is 1. The van der Waals surface area contributed by atoms with Crippen LogP contribution in [0.5, 0.6) is 0 Å². The van der Waals surface area contributed by atoms with Gasteiger partial charge in [-0.2, -0.15) is 5.10 Å². The van der Waals surface area contributed by atoms with Crippen molar-refractivity contribution in [1.82, 2.24) is 9.78 Å². The number of benzene rings is 2. The van der Waals surface area contributed by atoms with E-state index < -0.39 is 5.60 Å². The Labute approximate surface area is 180 Å². The number of hydrogen-bond acceptors (Lipinski definition) is 2. The first kappa shape index (κ1) is 19.5. The molecule has 3 nitrogen and oxygen atoms in total. The number of fused-ring (bicyclic) bond motifs is 2. The van der Waals surface area contributed by atoms with Crippen LogP contribution in [0.25, 0.3) is 11.8 Å². The lowest BCUT2D eigenvalue weighted by atomic mass is 9.65. The van der Waals surface area contributed by atoms with E-state index >= 15 is 0 Å². The van der Waals surface area contributed by atoms with E-state index in [2.05, 4.69) is 24.2 Å². The SMILES string of the molecule is C[C@]12Cc3cnn(-c4ccc(F)cc4)c3C=C1CC[C@@]2(O)CCc1cccc(Cl)c1. The Morgan fingerprint density at radius 3 is 2.77 bits per heavy atom. The zero-order valence-corrected chi connectivity index (χ0v) is 17.7. The first-order valence-corrected chi connectivity index (χ1v) is 10.8. The lowest BCUT2D eigenvalue weighted by Gasteiger charge is -2.42. The van der Waals surface area contributed by atoms with Gasteiger partial charge in [0.2, 0.25) is 0 Å². The molecule has 0 unspecified atom stereocenters. The van der Waals surface area contributed by atoms with E-state index in [-0.39, 0.29) is 11.2 Å². The highest BCUT2D eigenvalue weighted by Crippen LogP contribution is 2.56. The van der Waals surface area contributed by atoms with E-state index in [0.717, 1.165) is 53.2 Å². The van der Waals surface area contributed by atoms with Crippen molar-refractivity contribution >= 4 is 17.7 Å². The predicted molar refractivity (Wildman–Crippen MR) is 117 cm³/mol. The largest absolute Gasteiger partial charge is 0.389 e. The van der Waals surface area contributed by atoms with Crippen LogP contribution in [0.4, 0.5) is 4.39 Å². The van der Waals surface area contributed by atoms with Gasteiger partial charge in [-0.1, -0.05) is 36.2 Å². The molecule has 2 aromatic carbocycles. The van der Waals surface area contributed by atoms with Gasteiger partial charge in [0, 0.05) is 10.4 Å². The third kappa shape index (κ3) is 3.10. The van der Waals surface area contributed by atoms with Crippen molar-refractivity contribution < 1.29 is 9.50 Å². The molecule has 1 saturated carbocycles. The highest BCUT2D eigenvalue weighted by atomic mass is 35.5. The molecule has 154 valence electrons. The summed E-state index contributed by atoms with van der Waals surface area (Å²) in [5, 5.41) is 17.0. The molecule has 0 radical (unpaired) electrons. The Morgan fingerprint density at radius 1 is 1.20 bits per heavy atom. The molecule has 1 fully saturated rings. The summed E-state index contributed by atoms with van der Waals surface area (Å²) in [5.41, 5.74) is 4.34. The first-order chi connectivity index (χ1) is 14.4. The van der Waals surface area contributed by atoms with Crippen molar-refractivity contribution in [3.8, 4) is 5.69 Å². The zero-order chi connectivity index (χ0) is 20.9. The number of halogens is 2. The Bertz CT molecular complexity index is 1140. The van der Waals surface area contributed by atoms with Crippen LogP contribution in [0.2, 0.25) is 5.02 Å². The average molecular weight is 423 g/mol. The summed E-state index contributed by atoms with van der Waals surface area (Å²) >= 11 is 6.13. The molecule has 1 aromatic heterocycles. The third-order valence-corrected chi connectivity index (χ3v) is 7.31. The van der Waals surface area contributed by atoms with Gasteiger partial charge in [-0.25, -0.2) is 9.07 Å². The van der Waals surface area contributed by atoms with Crippen molar-refractivity contribution in [2.24, 2.45) is 5.41 Å². The minimum Gasteiger partial charge on any atom is -0.389 e. The number of aromatic nitrogens is 2. The highest BCUT2D eigenvalue weighted by molar-refractivity contribution is 6.30. The highest BCUT2D eigenvalue weighted by Gasteiger charge is 2.54. The maximum atomic E-state index is 13.3.